The molecule has 0 unspecified atom stereocenters. The van der Waals surface area contributed by atoms with E-state index in [1.807, 2.05) is 0 Å². The van der Waals surface area contributed by atoms with Gasteiger partial charge < -0.3 is 42.6 Å². The van der Waals surface area contributed by atoms with Crippen molar-refractivity contribution < 1.29 is 47.4 Å². The smallest absolute Gasteiger partial charge is 0.331 e. The molecule has 0 aromatic carbocycles. The lowest BCUT2D eigenvalue weighted by Gasteiger charge is -2.08. The zero-order valence-electron chi connectivity index (χ0n) is 20.7. The van der Waals surface area contributed by atoms with Gasteiger partial charge in [-0.3, -0.25) is 0 Å². The van der Waals surface area contributed by atoms with Crippen LogP contribution in [0.4, 0.5) is 0 Å². The van der Waals surface area contributed by atoms with Gasteiger partial charge in [0.05, 0.1) is 99.6 Å². The second kappa shape index (κ2) is 29.2. The Morgan fingerprint density at radius 2 is 0.788 bits per heavy atom. The van der Waals surface area contributed by atoms with Gasteiger partial charge in [0.25, 0.3) is 0 Å². The highest BCUT2D eigenvalue weighted by Gasteiger charge is 1.99. The van der Waals surface area contributed by atoms with Crippen LogP contribution in [0.3, 0.4) is 0 Å². The lowest BCUT2D eigenvalue weighted by molar-refractivity contribution is -0.146. The third kappa shape index (κ3) is 29.1. The van der Waals surface area contributed by atoms with E-state index in [1.54, 1.807) is 0 Å². The maximum absolute atomic E-state index is 10.8. The van der Waals surface area contributed by atoms with Gasteiger partial charge >= 0.3 is 5.97 Å². The molecule has 0 amide bonds. The molecule has 0 N–H and O–H groups in total. The van der Waals surface area contributed by atoms with Crippen LogP contribution < -0.4 is 0 Å². The third-order valence-corrected chi connectivity index (χ3v) is 4.19. The third-order valence-electron chi connectivity index (χ3n) is 4.19. The van der Waals surface area contributed by atoms with E-state index in [4.69, 9.17) is 37.9 Å². The first-order chi connectivity index (χ1) is 16.3. The van der Waals surface area contributed by atoms with Crippen molar-refractivity contribution in [1.29, 1.82) is 0 Å². The minimum Gasteiger partial charge on any atom is -0.467 e. The molecule has 33 heavy (non-hydrogen) atoms. The summed E-state index contributed by atoms with van der Waals surface area (Å²) in [5.74, 6) is -0.400. The van der Waals surface area contributed by atoms with Crippen molar-refractivity contribution in [3.63, 3.8) is 0 Å². The minimum absolute atomic E-state index is 0.0605. The van der Waals surface area contributed by atoms with Crippen LogP contribution in [-0.2, 0) is 47.4 Å². The number of methoxy groups -OCH3 is 1. The summed E-state index contributed by atoms with van der Waals surface area (Å²) in [4.78, 5) is 10.8. The molecular formula is C23H46O10. The zero-order chi connectivity index (χ0) is 24.1. The summed E-state index contributed by atoms with van der Waals surface area (Å²) in [6, 6.07) is 0. The molecular weight excluding hydrogens is 436 g/mol. The number of carbonyl (C=O) groups is 1. The number of rotatable bonds is 28. The zero-order valence-corrected chi connectivity index (χ0v) is 20.7. The summed E-state index contributed by atoms with van der Waals surface area (Å²) < 4.78 is 47.4. The van der Waals surface area contributed by atoms with Gasteiger partial charge in [-0.05, 0) is 6.42 Å². The van der Waals surface area contributed by atoms with E-state index >= 15 is 0 Å². The summed E-state index contributed by atoms with van der Waals surface area (Å²) >= 11 is 0. The largest absolute Gasteiger partial charge is 0.467 e. The first-order valence-corrected chi connectivity index (χ1v) is 12.0. The number of ether oxygens (including phenoxy) is 9. The van der Waals surface area contributed by atoms with Gasteiger partial charge in [0.15, 0.2) is 0 Å². The van der Waals surface area contributed by atoms with Crippen LogP contribution >= 0.6 is 0 Å². The Morgan fingerprint density at radius 1 is 0.455 bits per heavy atom. The number of esters is 1. The van der Waals surface area contributed by atoms with Crippen LogP contribution in [0.5, 0.6) is 0 Å². The average molecular weight is 483 g/mol. The van der Waals surface area contributed by atoms with E-state index in [-0.39, 0.29) is 6.61 Å². The van der Waals surface area contributed by atoms with Crippen molar-refractivity contribution in [2.75, 3.05) is 113 Å². The van der Waals surface area contributed by atoms with E-state index in [9.17, 15) is 4.79 Å². The molecule has 0 fully saturated rings. The monoisotopic (exact) mass is 482 g/mol. The van der Waals surface area contributed by atoms with Crippen LogP contribution in [-0.4, -0.2) is 119 Å². The van der Waals surface area contributed by atoms with Gasteiger partial charge in [-0.15, -0.1) is 0 Å². The molecule has 0 spiro atoms. The number of carbonyl (C=O) groups excluding carboxylic acids is 1. The summed E-state index contributed by atoms with van der Waals surface area (Å²) in [6.07, 6.45) is 4.89. The highest BCUT2D eigenvalue weighted by atomic mass is 16.6. The Bertz CT molecular complexity index is 384. The first-order valence-electron chi connectivity index (χ1n) is 12.0. The Kier molecular flexibility index (Phi) is 28.4. The second-order valence-corrected chi connectivity index (χ2v) is 6.98. The number of hydrogen-bond donors (Lipinski definition) is 0. The van der Waals surface area contributed by atoms with Gasteiger partial charge in [-0.25, -0.2) is 4.79 Å². The Labute approximate surface area is 199 Å². The lowest BCUT2D eigenvalue weighted by atomic mass is 10.2. The molecule has 0 aromatic heterocycles. The average Bonchev–Trinajstić information content (AvgIpc) is 2.83. The van der Waals surface area contributed by atoms with E-state index in [0.29, 0.717) is 92.5 Å². The summed E-state index contributed by atoms with van der Waals surface area (Å²) in [6.45, 7) is 10.1. The van der Waals surface area contributed by atoms with Crippen LogP contribution in [0, 0.1) is 0 Å². The molecule has 0 bridgehead atoms. The topological polar surface area (TPSA) is 100 Å². The van der Waals surface area contributed by atoms with Crippen LogP contribution in [0.1, 0.15) is 32.6 Å². The molecule has 0 rings (SSSR count). The van der Waals surface area contributed by atoms with Gasteiger partial charge in [0.1, 0.15) is 6.61 Å². The molecule has 0 aliphatic heterocycles. The molecule has 0 atom stereocenters. The molecule has 10 heteroatoms. The van der Waals surface area contributed by atoms with E-state index < -0.39 is 5.97 Å². The standard InChI is InChI=1S/C23H46O10/c1-3-4-5-6-7-26-8-9-27-10-11-28-12-13-29-14-15-30-16-17-31-18-19-32-20-21-33-22-23(24)25-2/h3-22H2,1-2H3. The van der Waals surface area contributed by atoms with Crippen LogP contribution in [0.25, 0.3) is 0 Å². The predicted molar refractivity (Wildman–Crippen MR) is 123 cm³/mol. The predicted octanol–water partition coefficient (Wildman–Crippen LogP) is 1.87. The minimum atomic E-state index is -0.400. The lowest BCUT2D eigenvalue weighted by Crippen LogP contribution is -2.16. The number of hydrogen-bond acceptors (Lipinski definition) is 10. The van der Waals surface area contributed by atoms with E-state index in [1.165, 1.54) is 26.4 Å². The fourth-order valence-corrected chi connectivity index (χ4v) is 2.38. The van der Waals surface area contributed by atoms with E-state index in [0.717, 1.165) is 13.0 Å². The van der Waals surface area contributed by atoms with Crippen molar-refractivity contribution in [2.24, 2.45) is 0 Å². The number of unbranched alkanes of at least 4 members (excludes halogenated alkanes) is 3. The highest BCUT2D eigenvalue weighted by molar-refractivity contribution is 5.70. The molecule has 10 nitrogen and oxygen atoms in total. The van der Waals surface area contributed by atoms with Crippen molar-refractivity contribution in [3.05, 3.63) is 0 Å². The molecule has 0 aliphatic carbocycles. The van der Waals surface area contributed by atoms with Crippen molar-refractivity contribution in [1.82, 2.24) is 0 Å². The Balaban J connectivity index is 3.02. The quantitative estimate of drug-likeness (QED) is 0.121. The van der Waals surface area contributed by atoms with Crippen molar-refractivity contribution >= 4 is 5.97 Å². The van der Waals surface area contributed by atoms with Crippen molar-refractivity contribution in [3.8, 4) is 0 Å². The molecule has 0 saturated heterocycles. The summed E-state index contributed by atoms with van der Waals surface area (Å²) in [5, 5.41) is 0. The van der Waals surface area contributed by atoms with Gasteiger partial charge in [-0.2, -0.15) is 0 Å². The molecule has 198 valence electrons. The van der Waals surface area contributed by atoms with Crippen LogP contribution in [0.15, 0.2) is 0 Å². The summed E-state index contributed by atoms with van der Waals surface area (Å²) in [7, 11) is 1.32. The molecule has 0 radical (unpaired) electrons. The van der Waals surface area contributed by atoms with Gasteiger partial charge in [0.2, 0.25) is 0 Å². The SMILES string of the molecule is CCCCCCOCCOCCOCCOCCOCCOCCOCCOCC(=O)OC. The molecule has 0 aromatic rings. The Morgan fingerprint density at radius 3 is 1.12 bits per heavy atom. The maximum Gasteiger partial charge on any atom is 0.331 e. The maximum atomic E-state index is 10.8. The molecule has 0 heterocycles. The van der Waals surface area contributed by atoms with Gasteiger partial charge in [-0.1, -0.05) is 26.2 Å². The van der Waals surface area contributed by atoms with Crippen molar-refractivity contribution in [2.45, 2.75) is 32.6 Å². The van der Waals surface area contributed by atoms with Crippen LogP contribution in [0.2, 0.25) is 0 Å². The van der Waals surface area contributed by atoms with E-state index in [2.05, 4.69) is 11.7 Å². The first kappa shape index (κ1) is 32.1. The van der Waals surface area contributed by atoms with Gasteiger partial charge in [0, 0.05) is 6.61 Å². The highest BCUT2D eigenvalue weighted by Crippen LogP contribution is 1.98. The normalized spacial score (nSPS) is 11.2. The molecule has 0 saturated carbocycles. The Hall–Kier alpha value is -0.850. The fraction of sp³-hybridized carbons (Fsp3) is 0.957. The second-order valence-electron chi connectivity index (χ2n) is 6.98. The molecule has 0 aliphatic rings. The summed E-state index contributed by atoms with van der Waals surface area (Å²) in [5.41, 5.74) is 0. The fourth-order valence-electron chi connectivity index (χ4n) is 2.38.